The van der Waals surface area contributed by atoms with Crippen LogP contribution in [0.4, 0.5) is 14.5 Å². The fourth-order valence-electron chi connectivity index (χ4n) is 2.44. The Kier molecular flexibility index (Phi) is 6.14. The first-order chi connectivity index (χ1) is 12.6. The Labute approximate surface area is 159 Å². The van der Waals surface area contributed by atoms with Crippen molar-refractivity contribution in [2.75, 3.05) is 5.32 Å². The molecular weight excluding hydrogens is 374 g/mol. The fraction of sp³-hybridized carbons (Fsp3) is 0.105. The highest BCUT2D eigenvalue weighted by molar-refractivity contribution is 7.80. The molecule has 3 nitrogen and oxygen atoms in total. The molecule has 0 aliphatic carbocycles. The molecule has 0 aliphatic rings. The van der Waals surface area contributed by atoms with Gasteiger partial charge in [-0.2, -0.15) is 8.78 Å². The van der Waals surface area contributed by atoms with Crippen LogP contribution >= 0.6 is 23.6 Å². The fourth-order valence-corrected chi connectivity index (χ4v) is 3.48. The van der Waals surface area contributed by atoms with Gasteiger partial charge in [0.2, 0.25) is 0 Å². The van der Waals surface area contributed by atoms with Crippen molar-refractivity contribution in [2.24, 2.45) is 0 Å². The van der Waals surface area contributed by atoms with Crippen molar-refractivity contribution < 1.29 is 13.5 Å². The van der Waals surface area contributed by atoms with E-state index in [1.54, 1.807) is 23.5 Å². The summed E-state index contributed by atoms with van der Waals surface area (Å²) in [4.78, 5) is 1.14. The number of anilines is 1. The highest BCUT2D eigenvalue weighted by atomic mass is 32.1. The maximum Gasteiger partial charge on any atom is 0.387 e. The van der Waals surface area contributed by atoms with E-state index in [1.165, 1.54) is 12.1 Å². The number of hydrogen-bond donors (Lipinski definition) is 2. The van der Waals surface area contributed by atoms with Crippen LogP contribution < -0.4 is 15.4 Å². The van der Waals surface area contributed by atoms with E-state index in [4.69, 9.17) is 12.2 Å². The average Bonchev–Trinajstić information content (AvgIpc) is 3.16. The van der Waals surface area contributed by atoms with Gasteiger partial charge in [0.25, 0.3) is 0 Å². The molecule has 3 rings (SSSR count). The largest absolute Gasteiger partial charge is 0.435 e. The third kappa shape index (κ3) is 5.00. The highest BCUT2D eigenvalue weighted by Gasteiger charge is 2.16. The molecule has 3 aromatic rings. The number of hydrogen-bond acceptors (Lipinski definition) is 3. The second kappa shape index (κ2) is 8.73. The van der Waals surface area contributed by atoms with Gasteiger partial charge in [0.1, 0.15) is 5.75 Å². The van der Waals surface area contributed by atoms with Crippen LogP contribution in [-0.4, -0.2) is 11.7 Å². The zero-order chi connectivity index (χ0) is 18.4. The topological polar surface area (TPSA) is 33.3 Å². The van der Waals surface area contributed by atoms with E-state index in [1.807, 2.05) is 41.8 Å². The van der Waals surface area contributed by atoms with E-state index in [2.05, 4.69) is 21.4 Å². The molecule has 0 aliphatic heterocycles. The SMILES string of the molecule is FC(F)Oc1ccc(NC(=S)N[C@@H](c2ccccc2)c2cccs2)cc1. The first-order valence-corrected chi connectivity index (χ1v) is 9.11. The Balaban J connectivity index is 1.68. The molecule has 7 heteroatoms. The molecule has 0 amide bonds. The van der Waals surface area contributed by atoms with Crippen molar-refractivity contribution in [2.45, 2.75) is 12.7 Å². The van der Waals surface area contributed by atoms with Crippen molar-refractivity contribution in [3.8, 4) is 5.75 Å². The van der Waals surface area contributed by atoms with Crippen LogP contribution in [0.2, 0.25) is 0 Å². The van der Waals surface area contributed by atoms with E-state index in [0.29, 0.717) is 10.8 Å². The van der Waals surface area contributed by atoms with E-state index in [9.17, 15) is 8.78 Å². The number of rotatable bonds is 6. The summed E-state index contributed by atoms with van der Waals surface area (Å²) in [5.74, 6) is 0.102. The summed E-state index contributed by atoms with van der Waals surface area (Å²) in [6.45, 7) is -2.84. The molecule has 0 unspecified atom stereocenters. The molecule has 0 saturated heterocycles. The number of thiophene rings is 1. The predicted molar refractivity (Wildman–Crippen MR) is 105 cm³/mol. The molecule has 0 spiro atoms. The van der Waals surface area contributed by atoms with Crippen LogP contribution in [0.15, 0.2) is 72.1 Å². The van der Waals surface area contributed by atoms with Gasteiger partial charge in [0, 0.05) is 10.6 Å². The van der Waals surface area contributed by atoms with E-state index >= 15 is 0 Å². The normalized spacial score (nSPS) is 11.8. The van der Waals surface area contributed by atoms with Crippen LogP contribution in [0.5, 0.6) is 5.75 Å². The van der Waals surface area contributed by atoms with Gasteiger partial charge in [0.05, 0.1) is 6.04 Å². The maximum atomic E-state index is 12.2. The van der Waals surface area contributed by atoms with Gasteiger partial charge in [-0.15, -0.1) is 11.3 Å². The molecule has 1 heterocycles. The Morgan fingerprint density at radius 3 is 2.31 bits per heavy atom. The Hall–Kier alpha value is -2.51. The Morgan fingerprint density at radius 1 is 0.962 bits per heavy atom. The second-order valence-corrected chi connectivity index (χ2v) is 6.75. The number of alkyl halides is 2. The van der Waals surface area contributed by atoms with Gasteiger partial charge in [-0.05, 0) is 53.5 Å². The zero-order valence-corrected chi connectivity index (χ0v) is 15.2. The van der Waals surface area contributed by atoms with Crippen LogP contribution in [0.25, 0.3) is 0 Å². The molecular formula is C19H16F2N2OS2. The van der Waals surface area contributed by atoms with Gasteiger partial charge in [-0.1, -0.05) is 36.4 Å². The van der Waals surface area contributed by atoms with Gasteiger partial charge < -0.3 is 15.4 Å². The Morgan fingerprint density at radius 2 is 1.69 bits per heavy atom. The summed E-state index contributed by atoms with van der Waals surface area (Å²) in [7, 11) is 0. The maximum absolute atomic E-state index is 12.2. The standard InChI is InChI=1S/C19H16F2N2OS2/c20-18(21)24-15-10-8-14(9-11-15)22-19(25)23-17(16-7-4-12-26-16)13-5-2-1-3-6-13/h1-12,17-18H,(H2,22,23,25)/t17-/m0/s1. The van der Waals surface area contributed by atoms with Crippen molar-refractivity contribution >= 4 is 34.4 Å². The van der Waals surface area contributed by atoms with E-state index in [-0.39, 0.29) is 11.8 Å². The number of nitrogens with one attached hydrogen (secondary N) is 2. The van der Waals surface area contributed by atoms with Gasteiger partial charge >= 0.3 is 6.61 Å². The Bertz CT molecular complexity index is 825. The summed E-state index contributed by atoms with van der Waals surface area (Å²) < 4.78 is 28.7. The van der Waals surface area contributed by atoms with Gasteiger partial charge in [-0.25, -0.2) is 0 Å². The third-order valence-corrected chi connectivity index (χ3v) is 4.73. The summed E-state index contributed by atoms with van der Waals surface area (Å²) in [6, 6.07) is 20.2. The lowest BCUT2D eigenvalue weighted by Gasteiger charge is -2.20. The van der Waals surface area contributed by atoms with Crippen molar-refractivity contribution in [3.63, 3.8) is 0 Å². The first kappa shape index (κ1) is 18.3. The second-order valence-electron chi connectivity index (χ2n) is 5.36. The summed E-state index contributed by atoms with van der Waals surface area (Å²) in [5.41, 5.74) is 1.78. The minimum absolute atomic E-state index is 0.0716. The van der Waals surface area contributed by atoms with Crippen LogP contribution in [0.1, 0.15) is 16.5 Å². The lowest BCUT2D eigenvalue weighted by Crippen LogP contribution is -2.32. The minimum atomic E-state index is -2.84. The van der Waals surface area contributed by atoms with Crippen LogP contribution in [-0.2, 0) is 0 Å². The average molecular weight is 390 g/mol. The summed E-state index contributed by atoms with van der Waals surface area (Å²) >= 11 is 7.06. The number of thiocarbonyl (C=S) groups is 1. The highest BCUT2D eigenvalue weighted by Crippen LogP contribution is 2.26. The molecule has 0 saturated carbocycles. The molecule has 0 bridgehead atoms. The molecule has 134 valence electrons. The molecule has 26 heavy (non-hydrogen) atoms. The molecule has 0 radical (unpaired) electrons. The van der Waals surface area contributed by atoms with E-state index < -0.39 is 6.61 Å². The van der Waals surface area contributed by atoms with Crippen molar-refractivity contribution in [3.05, 3.63) is 82.6 Å². The van der Waals surface area contributed by atoms with Crippen LogP contribution in [0.3, 0.4) is 0 Å². The first-order valence-electron chi connectivity index (χ1n) is 7.82. The monoisotopic (exact) mass is 390 g/mol. The van der Waals surface area contributed by atoms with Crippen LogP contribution in [0, 0.1) is 0 Å². The molecule has 2 N–H and O–H groups in total. The summed E-state index contributed by atoms with van der Waals surface area (Å²) in [6.07, 6.45) is 0. The number of ether oxygens (including phenoxy) is 1. The van der Waals surface area contributed by atoms with Crippen molar-refractivity contribution in [1.82, 2.24) is 5.32 Å². The number of benzene rings is 2. The van der Waals surface area contributed by atoms with Gasteiger partial charge in [-0.3, -0.25) is 0 Å². The summed E-state index contributed by atoms with van der Waals surface area (Å²) in [5, 5.41) is 8.84. The lowest BCUT2D eigenvalue weighted by molar-refractivity contribution is -0.0498. The smallest absolute Gasteiger partial charge is 0.387 e. The lowest BCUT2D eigenvalue weighted by atomic mass is 10.1. The van der Waals surface area contributed by atoms with Gasteiger partial charge in [0.15, 0.2) is 5.11 Å². The van der Waals surface area contributed by atoms with Crippen molar-refractivity contribution in [1.29, 1.82) is 0 Å². The molecule has 0 fully saturated rings. The zero-order valence-electron chi connectivity index (χ0n) is 13.6. The molecule has 2 aromatic carbocycles. The third-order valence-electron chi connectivity index (χ3n) is 3.57. The molecule has 1 atom stereocenters. The van der Waals surface area contributed by atoms with E-state index in [0.717, 1.165) is 10.4 Å². The number of halogens is 2. The molecule has 1 aromatic heterocycles. The predicted octanol–water partition coefficient (Wildman–Crippen LogP) is 5.43. The quantitative estimate of drug-likeness (QED) is 0.550. The minimum Gasteiger partial charge on any atom is -0.435 e.